The standard InChI is InChI=1S/C18H15F3N4O2/c1-9(16-11-4-3-5-13(20)15(11)17(26)24-23-16)25(2)18(27)22-10-6-7-12(19)14(21)8-10/h3-9H,1-2H3,(H,22,27)(H,24,26)/t9-/m1/s1. The number of anilines is 1. The molecule has 1 atom stereocenters. The predicted octanol–water partition coefficient (Wildman–Crippen LogP) is 3.57. The SMILES string of the molecule is C[C@H](c1n[nH]c(=O)c2c(F)cccc12)N(C)C(=O)Nc1ccc(F)c(F)c1. The van der Waals surface area contributed by atoms with E-state index >= 15 is 0 Å². The molecule has 0 unspecified atom stereocenters. The van der Waals surface area contributed by atoms with Crippen molar-refractivity contribution in [3.8, 4) is 0 Å². The number of urea groups is 1. The second-order valence-electron chi connectivity index (χ2n) is 5.95. The van der Waals surface area contributed by atoms with Crippen LogP contribution in [0.3, 0.4) is 0 Å². The molecular formula is C18H15F3N4O2. The zero-order valence-corrected chi connectivity index (χ0v) is 14.4. The van der Waals surface area contributed by atoms with Crippen molar-refractivity contribution in [3.05, 3.63) is 69.9 Å². The number of H-pyrrole nitrogens is 1. The van der Waals surface area contributed by atoms with Crippen LogP contribution in [0.5, 0.6) is 0 Å². The van der Waals surface area contributed by atoms with E-state index in [1.807, 2.05) is 0 Å². The molecule has 0 spiro atoms. The van der Waals surface area contributed by atoms with E-state index in [0.717, 1.165) is 18.2 Å². The fraction of sp³-hybridized carbons (Fsp3) is 0.167. The minimum absolute atomic E-state index is 0.0725. The summed E-state index contributed by atoms with van der Waals surface area (Å²) < 4.78 is 40.3. The van der Waals surface area contributed by atoms with Gasteiger partial charge in [0, 0.05) is 24.2 Å². The Labute approximate surface area is 151 Å². The fourth-order valence-electron chi connectivity index (χ4n) is 2.66. The lowest BCUT2D eigenvalue weighted by Gasteiger charge is -2.25. The molecule has 0 radical (unpaired) electrons. The van der Waals surface area contributed by atoms with Crippen LogP contribution in [0.15, 0.2) is 41.2 Å². The van der Waals surface area contributed by atoms with Gasteiger partial charge in [-0.1, -0.05) is 12.1 Å². The van der Waals surface area contributed by atoms with Crippen molar-refractivity contribution in [2.75, 3.05) is 12.4 Å². The first-order chi connectivity index (χ1) is 12.8. The van der Waals surface area contributed by atoms with Crippen molar-refractivity contribution in [3.63, 3.8) is 0 Å². The van der Waals surface area contributed by atoms with E-state index in [0.29, 0.717) is 0 Å². The van der Waals surface area contributed by atoms with Crippen LogP contribution in [0.2, 0.25) is 0 Å². The third-order valence-electron chi connectivity index (χ3n) is 4.26. The average molecular weight is 376 g/mol. The highest BCUT2D eigenvalue weighted by atomic mass is 19.2. The molecule has 9 heteroatoms. The van der Waals surface area contributed by atoms with Gasteiger partial charge >= 0.3 is 6.03 Å². The van der Waals surface area contributed by atoms with Crippen LogP contribution in [-0.2, 0) is 0 Å². The molecule has 0 saturated heterocycles. The summed E-state index contributed by atoms with van der Waals surface area (Å²) in [6.07, 6.45) is 0. The molecule has 1 heterocycles. The molecule has 0 fully saturated rings. The fourth-order valence-corrected chi connectivity index (χ4v) is 2.66. The summed E-state index contributed by atoms with van der Waals surface area (Å²) in [6, 6.07) is 5.83. The molecule has 0 aliphatic heterocycles. The highest BCUT2D eigenvalue weighted by Gasteiger charge is 2.22. The number of aromatic nitrogens is 2. The zero-order valence-electron chi connectivity index (χ0n) is 14.4. The predicted molar refractivity (Wildman–Crippen MR) is 93.9 cm³/mol. The molecule has 0 bridgehead atoms. The molecule has 3 rings (SSSR count). The second kappa shape index (κ2) is 7.10. The van der Waals surface area contributed by atoms with Gasteiger partial charge in [0.15, 0.2) is 11.6 Å². The summed E-state index contributed by atoms with van der Waals surface area (Å²) in [7, 11) is 1.46. The minimum atomic E-state index is -1.09. The molecule has 1 aromatic heterocycles. The average Bonchev–Trinajstić information content (AvgIpc) is 2.64. The van der Waals surface area contributed by atoms with Crippen molar-refractivity contribution >= 4 is 22.5 Å². The Morgan fingerprint density at radius 1 is 1.15 bits per heavy atom. The summed E-state index contributed by atoms with van der Waals surface area (Å²) in [6.45, 7) is 1.63. The third-order valence-corrected chi connectivity index (χ3v) is 4.26. The summed E-state index contributed by atoms with van der Waals surface area (Å²) in [4.78, 5) is 25.5. The van der Waals surface area contributed by atoms with E-state index in [1.165, 1.54) is 30.1 Å². The smallest absolute Gasteiger partial charge is 0.319 e. The van der Waals surface area contributed by atoms with Crippen molar-refractivity contribution < 1.29 is 18.0 Å². The van der Waals surface area contributed by atoms with Gasteiger partial charge in [-0.2, -0.15) is 5.10 Å². The van der Waals surface area contributed by atoms with Crippen molar-refractivity contribution in [2.24, 2.45) is 0 Å². The Morgan fingerprint density at radius 2 is 1.89 bits per heavy atom. The molecule has 0 aliphatic carbocycles. The molecule has 27 heavy (non-hydrogen) atoms. The lowest BCUT2D eigenvalue weighted by molar-refractivity contribution is 0.207. The number of benzene rings is 2. The first kappa shape index (κ1) is 18.4. The number of carbonyl (C=O) groups excluding carboxylic acids is 1. The lowest BCUT2D eigenvalue weighted by Crippen LogP contribution is -2.34. The molecule has 6 nitrogen and oxygen atoms in total. The number of hydrogen-bond acceptors (Lipinski definition) is 3. The number of fused-ring (bicyclic) bond motifs is 1. The van der Waals surface area contributed by atoms with E-state index in [2.05, 4.69) is 15.5 Å². The molecule has 140 valence electrons. The number of nitrogens with one attached hydrogen (secondary N) is 2. The van der Waals surface area contributed by atoms with E-state index in [1.54, 1.807) is 6.92 Å². The van der Waals surface area contributed by atoms with Gasteiger partial charge in [-0.3, -0.25) is 4.79 Å². The van der Waals surface area contributed by atoms with Crippen LogP contribution < -0.4 is 10.9 Å². The zero-order chi connectivity index (χ0) is 19.7. The number of rotatable bonds is 3. The van der Waals surface area contributed by atoms with Gasteiger partial charge in [-0.15, -0.1) is 0 Å². The summed E-state index contributed by atoms with van der Waals surface area (Å²) in [5, 5.41) is 8.74. The molecule has 0 saturated carbocycles. The first-order valence-electron chi connectivity index (χ1n) is 7.95. The van der Waals surface area contributed by atoms with Crippen LogP contribution >= 0.6 is 0 Å². The molecule has 2 aromatic carbocycles. The molecule has 2 N–H and O–H groups in total. The second-order valence-corrected chi connectivity index (χ2v) is 5.95. The monoisotopic (exact) mass is 376 g/mol. The number of carbonyl (C=O) groups is 1. The highest BCUT2D eigenvalue weighted by Crippen LogP contribution is 2.25. The van der Waals surface area contributed by atoms with Crippen LogP contribution in [0.25, 0.3) is 10.8 Å². The summed E-state index contributed by atoms with van der Waals surface area (Å²) >= 11 is 0. The van der Waals surface area contributed by atoms with Crippen molar-refractivity contribution in [1.29, 1.82) is 0 Å². The Morgan fingerprint density at radius 3 is 2.59 bits per heavy atom. The lowest BCUT2D eigenvalue weighted by atomic mass is 10.1. The van der Waals surface area contributed by atoms with Crippen LogP contribution in [0, 0.1) is 17.5 Å². The number of amides is 2. The number of aromatic amines is 1. The Kier molecular flexibility index (Phi) is 4.85. The quantitative estimate of drug-likeness (QED) is 0.734. The van der Waals surface area contributed by atoms with E-state index in [4.69, 9.17) is 0 Å². The third kappa shape index (κ3) is 3.48. The molecular weight excluding hydrogens is 361 g/mol. The van der Waals surface area contributed by atoms with Crippen molar-refractivity contribution in [1.82, 2.24) is 15.1 Å². The van der Waals surface area contributed by atoms with Crippen molar-refractivity contribution in [2.45, 2.75) is 13.0 Å². The van der Waals surface area contributed by atoms with Gasteiger partial charge in [-0.05, 0) is 25.1 Å². The van der Waals surface area contributed by atoms with Crippen LogP contribution in [-0.4, -0.2) is 28.2 Å². The number of hydrogen-bond donors (Lipinski definition) is 2. The summed E-state index contributed by atoms with van der Waals surface area (Å²) in [5.74, 6) is -2.81. The van der Waals surface area contributed by atoms with Gasteiger partial charge in [0.25, 0.3) is 5.56 Å². The maximum atomic E-state index is 14.0. The van der Waals surface area contributed by atoms with E-state index < -0.39 is 35.1 Å². The summed E-state index contributed by atoms with van der Waals surface area (Å²) in [5.41, 5.74) is -0.316. The van der Waals surface area contributed by atoms with Gasteiger partial charge in [0.1, 0.15) is 5.82 Å². The normalized spacial score (nSPS) is 12.0. The van der Waals surface area contributed by atoms with Gasteiger partial charge in [0.05, 0.1) is 17.1 Å². The maximum absolute atomic E-state index is 14.0. The highest BCUT2D eigenvalue weighted by molar-refractivity contribution is 5.90. The number of halogens is 3. The Hall–Kier alpha value is -3.36. The maximum Gasteiger partial charge on any atom is 0.322 e. The van der Waals surface area contributed by atoms with Crippen LogP contribution in [0.1, 0.15) is 18.7 Å². The Balaban J connectivity index is 1.90. The van der Waals surface area contributed by atoms with E-state index in [9.17, 15) is 22.8 Å². The van der Waals surface area contributed by atoms with Crippen LogP contribution in [0.4, 0.5) is 23.7 Å². The van der Waals surface area contributed by atoms with Gasteiger partial charge < -0.3 is 10.2 Å². The largest absolute Gasteiger partial charge is 0.322 e. The van der Waals surface area contributed by atoms with Gasteiger partial charge in [0.2, 0.25) is 0 Å². The van der Waals surface area contributed by atoms with Gasteiger partial charge in [-0.25, -0.2) is 23.1 Å². The molecule has 0 aliphatic rings. The Bertz CT molecular complexity index is 1080. The molecule has 3 aromatic rings. The molecule has 2 amide bonds. The minimum Gasteiger partial charge on any atom is -0.319 e. The van der Waals surface area contributed by atoms with E-state index in [-0.39, 0.29) is 22.2 Å². The first-order valence-corrected chi connectivity index (χ1v) is 7.95. The topological polar surface area (TPSA) is 78.1 Å². The number of nitrogens with zero attached hydrogens (tertiary/aromatic N) is 2.